The molecule has 0 radical (unpaired) electrons. The van der Waals surface area contributed by atoms with Crippen molar-refractivity contribution in [3.63, 3.8) is 0 Å². The third kappa shape index (κ3) is 4.01. The van der Waals surface area contributed by atoms with Crippen LogP contribution in [0.3, 0.4) is 0 Å². The normalized spacial score (nSPS) is 14.3. The van der Waals surface area contributed by atoms with Gasteiger partial charge in [-0.25, -0.2) is 9.97 Å². The Balaban J connectivity index is 1.62. The molecule has 0 saturated carbocycles. The van der Waals surface area contributed by atoms with Gasteiger partial charge in [0.1, 0.15) is 5.75 Å². The highest BCUT2D eigenvalue weighted by atomic mass is 16.5. The molecule has 1 fully saturated rings. The summed E-state index contributed by atoms with van der Waals surface area (Å²) in [5, 5.41) is 3.12. The van der Waals surface area contributed by atoms with E-state index in [2.05, 4.69) is 15.3 Å². The lowest BCUT2D eigenvalue weighted by Crippen LogP contribution is -2.35. The molecule has 2 aromatic rings. The minimum absolute atomic E-state index is 0.0160. The molecule has 24 heavy (non-hydrogen) atoms. The number of aromatic nitrogens is 2. The van der Waals surface area contributed by atoms with Crippen LogP contribution in [0.1, 0.15) is 36.5 Å². The third-order valence-corrected chi connectivity index (χ3v) is 3.96. The van der Waals surface area contributed by atoms with Crippen molar-refractivity contribution in [2.75, 3.05) is 25.0 Å². The van der Waals surface area contributed by atoms with E-state index < -0.39 is 0 Å². The van der Waals surface area contributed by atoms with Crippen molar-refractivity contribution in [3.05, 3.63) is 42.2 Å². The number of nitrogens with zero attached hydrogens (tertiary/aromatic N) is 3. The Bertz CT molecular complexity index is 664. The van der Waals surface area contributed by atoms with Crippen molar-refractivity contribution >= 4 is 17.5 Å². The predicted molar refractivity (Wildman–Crippen MR) is 92.7 cm³/mol. The number of benzene rings is 1. The summed E-state index contributed by atoms with van der Waals surface area (Å²) in [6.45, 7) is 4.24. The van der Waals surface area contributed by atoms with Crippen LogP contribution in [0.5, 0.6) is 5.75 Å². The second-order valence-electron chi connectivity index (χ2n) is 5.73. The van der Waals surface area contributed by atoms with Crippen LogP contribution in [0.2, 0.25) is 0 Å². The van der Waals surface area contributed by atoms with E-state index >= 15 is 0 Å². The van der Waals surface area contributed by atoms with Gasteiger partial charge in [-0.3, -0.25) is 4.79 Å². The fourth-order valence-electron chi connectivity index (χ4n) is 2.71. The third-order valence-electron chi connectivity index (χ3n) is 3.96. The van der Waals surface area contributed by atoms with Gasteiger partial charge in [0, 0.05) is 31.2 Å². The molecule has 1 N–H and O–H groups in total. The Hall–Kier alpha value is -2.63. The van der Waals surface area contributed by atoms with Gasteiger partial charge in [0.2, 0.25) is 5.95 Å². The summed E-state index contributed by atoms with van der Waals surface area (Å²) < 4.78 is 5.41. The molecule has 1 aliphatic heterocycles. The summed E-state index contributed by atoms with van der Waals surface area (Å²) in [6, 6.07) is 7.59. The lowest BCUT2D eigenvalue weighted by Gasteiger charge is -2.26. The highest BCUT2D eigenvalue weighted by Crippen LogP contribution is 2.18. The van der Waals surface area contributed by atoms with E-state index in [0.717, 1.165) is 37.4 Å². The lowest BCUT2D eigenvalue weighted by atomic mass is 10.1. The first-order valence-corrected chi connectivity index (χ1v) is 8.37. The largest absolute Gasteiger partial charge is 0.494 e. The van der Waals surface area contributed by atoms with Crippen molar-refractivity contribution in [3.8, 4) is 5.75 Å². The number of hydrogen-bond acceptors (Lipinski definition) is 5. The van der Waals surface area contributed by atoms with Crippen LogP contribution in [0.15, 0.2) is 36.7 Å². The van der Waals surface area contributed by atoms with E-state index in [0.29, 0.717) is 18.1 Å². The highest BCUT2D eigenvalue weighted by Gasteiger charge is 2.18. The first-order chi connectivity index (χ1) is 11.8. The Morgan fingerprint density at radius 3 is 2.42 bits per heavy atom. The zero-order chi connectivity index (χ0) is 16.8. The van der Waals surface area contributed by atoms with E-state index in [9.17, 15) is 4.79 Å². The number of likely N-dealkylation sites (tertiary alicyclic amines) is 1. The van der Waals surface area contributed by atoms with Gasteiger partial charge in [-0.15, -0.1) is 0 Å². The number of carbonyl (C=O) groups excluding carboxylic acids is 1. The molecule has 0 unspecified atom stereocenters. The number of carbonyl (C=O) groups is 1. The van der Waals surface area contributed by atoms with Gasteiger partial charge in [-0.05, 0) is 50.5 Å². The molecule has 0 atom stereocenters. The standard InChI is InChI=1S/C18H22N4O2/c1-2-24-16-8-6-15(7-9-16)21-18-19-12-14(13-20-18)17(23)22-10-4-3-5-11-22/h6-9,12-13H,2-5,10-11H2,1H3,(H,19,20,21). The monoisotopic (exact) mass is 326 g/mol. The zero-order valence-electron chi connectivity index (χ0n) is 13.9. The summed E-state index contributed by atoms with van der Waals surface area (Å²) in [5.41, 5.74) is 1.41. The van der Waals surface area contributed by atoms with Gasteiger partial charge < -0.3 is 15.0 Å². The number of nitrogens with one attached hydrogen (secondary N) is 1. The van der Waals surface area contributed by atoms with Gasteiger partial charge in [-0.1, -0.05) is 0 Å². The van der Waals surface area contributed by atoms with Crippen molar-refractivity contribution < 1.29 is 9.53 Å². The van der Waals surface area contributed by atoms with Crippen LogP contribution >= 0.6 is 0 Å². The number of anilines is 2. The van der Waals surface area contributed by atoms with E-state index in [1.54, 1.807) is 12.4 Å². The summed E-state index contributed by atoms with van der Waals surface area (Å²) in [7, 11) is 0. The zero-order valence-corrected chi connectivity index (χ0v) is 13.9. The van der Waals surface area contributed by atoms with Crippen LogP contribution in [0, 0.1) is 0 Å². The van der Waals surface area contributed by atoms with Gasteiger partial charge >= 0.3 is 0 Å². The molecule has 1 aliphatic rings. The topological polar surface area (TPSA) is 67.3 Å². The molecule has 1 aromatic heterocycles. The number of piperidine rings is 1. The van der Waals surface area contributed by atoms with E-state index in [-0.39, 0.29) is 5.91 Å². The molecule has 0 aliphatic carbocycles. The van der Waals surface area contributed by atoms with Gasteiger partial charge in [0.15, 0.2) is 0 Å². The van der Waals surface area contributed by atoms with Crippen LogP contribution in [-0.4, -0.2) is 40.5 Å². The van der Waals surface area contributed by atoms with Crippen LogP contribution in [-0.2, 0) is 0 Å². The Morgan fingerprint density at radius 2 is 1.79 bits per heavy atom. The first-order valence-electron chi connectivity index (χ1n) is 8.37. The molecule has 6 nitrogen and oxygen atoms in total. The second kappa shape index (κ2) is 7.77. The SMILES string of the molecule is CCOc1ccc(Nc2ncc(C(=O)N3CCCCC3)cn2)cc1. The van der Waals surface area contributed by atoms with Crippen molar-refractivity contribution in [1.82, 2.24) is 14.9 Å². The summed E-state index contributed by atoms with van der Waals surface area (Å²) in [4.78, 5) is 22.8. The molecule has 6 heteroatoms. The Kier molecular flexibility index (Phi) is 5.25. The van der Waals surface area contributed by atoms with Gasteiger partial charge in [-0.2, -0.15) is 0 Å². The molecule has 0 bridgehead atoms. The molecule has 1 saturated heterocycles. The average molecular weight is 326 g/mol. The number of amides is 1. The summed E-state index contributed by atoms with van der Waals surface area (Å²) >= 11 is 0. The number of ether oxygens (including phenoxy) is 1. The van der Waals surface area contributed by atoms with Crippen molar-refractivity contribution in [1.29, 1.82) is 0 Å². The lowest BCUT2D eigenvalue weighted by molar-refractivity contribution is 0.0723. The van der Waals surface area contributed by atoms with E-state index in [1.807, 2.05) is 36.1 Å². The Morgan fingerprint density at radius 1 is 1.12 bits per heavy atom. The summed E-state index contributed by atoms with van der Waals surface area (Å²) in [6.07, 6.45) is 6.51. The van der Waals surface area contributed by atoms with Gasteiger partial charge in [0.05, 0.1) is 12.2 Å². The number of hydrogen-bond donors (Lipinski definition) is 1. The molecule has 1 amide bonds. The maximum absolute atomic E-state index is 12.4. The molecule has 0 spiro atoms. The molecule has 126 valence electrons. The maximum Gasteiger partial charge on any atom is 0.256 e. The molecule has 3 rings (SSSR count). The fourth-order valence-corrected chi connectivity index (χ4v) is 2.71. The van der Waals surface area contributed by atoms with Crippen molar-refractivity contribution in [2.24, 2.45) is 0 Å². The smallest absolute Gasteiger partial charge is 0.256 e. The van der Waals surface area contributed by atoms with Crippen LogP contribution < -0.4 is 10.1 Å². The predicted octanol–water partition coefficient (Wildman–Crippen LogP) is 3.25. The van der Waals surface area contributed by atoms with Crippen LogP contribution in [0.25, 0.3) is 0 Å². The highest BCUT2D eigenvalue weighted by molar-refractivity contribution is 5.93. The first kappa shape index (κ1) is 16.2. The quantitative estimate of drug-likeness (QED) is 0.913. The molecule has 2 heterocycles. The molecular weight excluding hydrogens is 304 g/mol. The van der Waals surface area contributed by atoms with Crippen molar-refractivity contribution in [2.45, 2.75) is 26.2 Å². The molecular formula is C18H22N4O2. The summed E-state index contributed by atoms with van der Waals surface area (Å²) in [5.74, 6) is 1.31. The Labute approximate surface area is 141 Å². The van der Waals surface area contributed by atoms with E-state index in [1.165, 1.54) is 6.42 Å². The number of rotatable bonds is 5. The average Bonchev–Trinajstić information content (AvgIpc) is 2.64. The second-order valence-corrected chi connectivity index (χ2v) is 5.73. The fraction of sp³-hybridized carbons (Fsp3) is 0.389. The van der Waals surface area contributed by atoms with Gasteiger partial charge in [0.25, 0.3) is 5.91 Å². The maximum atomic E-state index is 12.4. The minimum Gasteiger partial charge on any atom is -0.494 e. The van der Waals surface area contributed by atoms with Crippen LogP contribution in [0.4, 0.5) is 11.6 Å². The molecule has 1 aromatic carbocycles. The minimum atomic E-state index is 0.0160. The van der Waals surface area contributed by atoms with E-state index in [4.69, 9.17) is 4.74 Å².